The normalized spacial score (nSPS) is 13.8. The molecule has 6 heteroatoms. The van der Waals surface area contributed by atoms with Gasteiger partial charge in [-0.05, 0) is 62.7 Å². The van der Waals surface area contributed by atoms with Crippen LogP contribution < -0.4 is 5.32 Å². The molecule has 1 saturated heterocycles. The fraction of sp³-hybridized carbons (Fsp3) is 0.280. The predicted octanol–water partition coefficient (Wildman–Crippen LogP) is 4.13. The van der Waals surface area contributed by atoms with Crippen molar-refractivity contribution in [2.24, 2.45) is 0 Å². The molecular weight excluding hydrogens is 390 g/mol. The average Bonchev–Trinajstić information content (AvgIpc) is 3.08. The monoisotopic (exact) mass is 417 g/mol. The number of carbonyl (C=O) groups excluding carboxylic acids is 2. The molecule has 0 aliphatic carbocycles. The minimum absolute atomic E-state index is 0.0444. The quantitative estimate of drug-likeness (QED) is 0.694. The van der Waals surface area contributed by atoms with Crippen LogP contribution >= 0.6 is 0 Å². The summed E-state index contributed by atoms with van der Waals surface area (Å²) in [5.74, 6) is -0.236. The third-order valence-corrected chi connectivity index (χ3v) is 5.60. The number of carbonyl (C=O) groups is 2. The summed E-state index contributed by atoms with van der Waals surface area (Å²) in [6.07, 6.45) is 0. The summed E-state index contributed by atoms with van der Waals surface area (Å²) in [6, 6.07) is 17.2. The molecule has 160 valence electrons. The number of rotatable bonds is 4. The minimum Gasteiger partial charge on any atom is -0.378 e. The highest BCUT2D eigenvalue weighted by molar-refractivity contribution is 6.06. The van der Waals surface area contributed by atoms with E-state index in [1.54, 1.807) is 29.2 Å². The van der Waals surface area contributed by atoms with E-state index in [-0.39, 0.29) is 11.8 Å². The molecule has 3 aromatic rings. The summed E-state index contributed by atoms with van der Waals surface area (Å²) in [6.45, 7) is 8.27. The summed E-state index contributed by atoms with van der Waals surface area (Å²) in [4.78, 5) is 27.6. The van der Waals surface area contributed by atoms with Gasteiger partial charge in [-0.3, -0.25) is 9.59 Å². The van der Waals surface area contributed by atoms with E-state index >= 15 is 0 Å². The fourth-order valence-corrected chi connectivity index (χ4v) is 4.03. The number of amides is 2. The van der Waals surface area contributed by atoms with E-state index in [4.69, 9.17) is 4.74 Å². The van der Waals surface area contributed by atoms with E-state index in [2.05, 4.69) is 28.9 Å². The second kappa shape index (κ2) is 8.78. The molecule has 2 heterocycles. The van der Waals surface area contributed by atoms with Gasteiger partial charge in [0.25, 0.3) is 11.8 Å². The van der Waals surface area contributed by atoms with E-state index < -0.39 is 0 Å². The van der Waals surface area contributed by atoms with Crippen molar-refractivity contribution in [3.63, 3.8) is 0 Å². The highest BCUT2D eigenvalue weighted by Gasteiger charge is 2.20. The lowest BCUT2D eigenvalue weighted by Gasteiger charge is -2.27. The molecule has 0 bridgehead atoms. The zero-order chi connectivity index (χ0) is 22.0. The van der Waals surface area contributed by atoms with Gasteiger partial charge in [-0.1, -0.05) is 18.2 Å². The molecule has 2 amide bonds. The molecule has 0 saturated carbocycles. The predicted molar refractivity (Wildman–Crippen MR) is 121 cm³/mol. The Morgan fingerprint density at radius 3 is 2.42 bits per heavy atom. The largest absolute Gasteiger partial charge is 0.378 e. The maximum atomic E-state index is 13.0. The van der Waals surface area contributed by atoms with Crippen molar-refractivity contribution in [1.82, 2.24) is 9.47 Å². The average molecular weight is 418 g/mol. The Kier molecular flexibility index (Phi) is 5.91. The van der Waals surface area contributed by atoms with Gasteiger partial charge in [0, 0.05) is 41.4 Å². The molecule has 0 unspecified atom stereocenters. The van der Waals surface area contributed by atoms with Crippen molar-refractivity contribution in [3.8, 4) is 5.69 Å². The van der Waals surface area contributed by atoms with Crippen LogP contribution in [0, 0.1) is 20.8 Å². The lowest BCUT2D eigenvalue weighted by molar-refractivity contribution is 0.0303. The van der Waals surface area contributed by atoms with E-state index in [0.29, 0.717) is 43.1 Å². The molecule has 0 radical (unpaired) electrons. The SMILES string of the molecule is Cc1cccc(-n2c(C)cc(C(=O)Nc3cccc(C(=O)N4CCOCC4)c3)c2C)c1. The van der Waals surface area contributed by atoms with Crippen molar-refractivity contribution in [1.29, 1.82) is 0 Å². The topological polar surface area (TPSA) is 63.6 Å². The van der Waals surface area contributed by atoms with Crippen molar-refractivity contribution in [2.45, 2.75) is 20.8 Å². The highest BCUT2D eigenvalue weighted by atomic mass is 16.5. The Hall–Kier alpha value is -3.38. The first-order valence-corrected chi connectivity index (χ1v) is 10.5. The molecular formula is C25H27N3O3. The Morgan fingerprint density at radius 1 is 0.935 bits per heavy atom. The summed E-state index contributed by atoms with van der Waals surface area (Å²) in [7, 11) is 0. The molecule has 1 N–H and O–H groups in total. The maximum Gasteiger partial charge on any atom is 0.257 e. The van der Waals surface area contributed by atoms with Crippen LogP contribution in [-0.4, -0.2) is 47.6 Å². The standard InChI is InChI=1S/C25H27N3O3/c1-17-6-4-9-22(14-17)28-18(2)15-23(19(28)3)24(29)26-21-8-5-7-20(16-21)25(30)27-10-12-31-13-11-27/h4-9,14-16H,10-13H2,1-3H3,(H,26,29). The number of aryl methyl sites for hydroxylation is 2. The lowest BCUT2D eigenvalue weighted by Crippen LogP contribution is -2.40. The van der Waals surface area contributed by atoms with E-state index in [1.165, 1.54) is 0 Å². The third-order valence-electron chi connectivity index (χ3n) is 5.60. The van der Waals surface area contributed by atoms with Crippen molar-refractivity contribution >= 4 is 17.5 Å². The number of ether oxygens (including phenoxy) is 1. The molecule has 2 aromatic carbocycles. The first kappa shape index (κ1) is 20.9. The van der Waals surface area contributed by atoms with Gasteiger partial charge in [0.05, 0.1) is 18.8 Å². The fourth-order valence-electron chi connectivity index (χ4n) is 4.03. The van der Waals surface area contributed by atoms with Gasteiger partial charge in [-0.15, -0.1) is 0 Å². The zero-order valence-corrected chi connectivity index (χ0v) is 18.1. The number of nitrogens with one attached hydrogen (secondary N) is 1. The Balaban J connectivity index is 1.55. The van der Waals surface area contributed by atoms with Crippen LogP contribution in [0.15, 0.2) is 54.6 Å². The second-order valence-corrected chi connectivity index (χ2v) is 7.90. The smallest absolute Gasteiger partial charge is 0.257 e. The van der Waals surface area contributed by atoms with Gasteiger partial charge in [0.1, 0.15) is 0 Å². The molecule has 0 spiro atoms. The molecule has 1 aromatic heterocycles. The number of nitrogens with zero attached hydrogens (tertiary/aromatic N) is 2. The minimum atomic E-state index is -0.192. The first-order chi connectivity index (χ1) is 14.9. The molecule has 6 nitrogen and oxygen atoms in total. The number of morpholine rings is 1. The first-order valence-electron chi connectivity index (χ1n) is 10.5. The Labute approximate surface area is 182 Å². The van der Waals surface area contributed by atoms with Crippen LogP contribution in [0.25, 0.3) is 5.69 Å². The van der Waals surface area contributed by atoms with Crippen LogP contribution in [0.4, 0.5) is 5.69 Å². The highest BCUT2D eigenvalue weighted by Crippen LogP contribution is 2.23. The molecule has 31 heavy (non-hydrogen) atoms. The molecule has 4 rings (SSSR count). The van der Waals surface area contributed by atoms with E-state index in [0.717, 1.165) is 22.6 Å². The van der Waals surface area contributed by atoms with Gasteiger partial charge in [0.15, 0.2) is 0 Å². The van der Waals surface area contributed by atoms with Gasteiger partial charge >= 0.3 is 0 Å². The van der Waals surface area contributed by atoms with Crippen molar-refractivity contribution in [2.75, 3.05) is 31.6 Å². The van der Waals surface area contributed by atoms with Crippen LogP contribution in [0.3, 0.4) is 0 Å². The Bertz CT molecular complexity index is 1130. The number of benzene rings is 2. The van der Waals surface area contributed by atoms with Crippen molar-refractivity contribution in [3.05, 3.63) is 82.7 Å². The van der Waals surface area contributed by atoms with Crippen LogP contribution in [0.5, 0.6) is 0 Å². The van der Waals surface area contributed by atoms with Gasteiger partial charge in [-0.25, -0.2) is 0 Å². The second-order valence-electron chi connectivity index (χ2n) is 7.90. The summed E-state index contributed by atoms with van der Waals surface area (Å²) < 4.78 is 7.40. The molecule has 0 atom stereocenters. The van der Waals surface area contributed by atoms with Gasteiger partial charge in [-0.2, -0.15) is 0 Å². The number of anilines is 1. The van der Waals surface area contributed by atoms with Gasteiger partial charge in [0.2, 0.25) is 0 Å². The number of hydrogen-bond donors (Lipinski definition) is 1. The van der Waals surface area contributed by atoms with E-state index in [1.807, 2.05) is 32.0 Å². The maximum absolute atomic E-state index is 13.0. The Morgan fingerprint density at radius 2 is 1.68 bits per heavy atom. The molecule has 1 aliphatic rings. The lowest BCUT2D eigenvalue weighted by atomic mass is 10.1. The van der Waals surface area contributed by atoms with Crippen LogP contribution in [0.2, 0.25) is 0 Å². The van der Waals surface area contributed by atoms with Crippen molar-refractivity contribution < 1.29 is 14.3 Å². The molecule has 1 fully saturated rings. The van der Waals surface area contributed by atoms with E-state index in [9.17, 15) is 9.59 Å². The molecule has 1 aliphatic heterocycles. The number of aromatic nitrogens is 1. The van der Waals surface area contributed by atoms with Crippen LogP contribution in [-0.2, 0) is 4.74 Å². The van der Waals surface area contributed by atoms with Crippen LogP contribution in [0.1, 0.15) is 37.7 Å². The van der Waals surface area contributed by atoms with Gasteiger partial charge < -0.3 is 19.5 Å². The zero-order valence-electron chi connectivity index (χ0n) is 18.1. The summed E-state index contributed by atoms with van der Waals surface area (Å²) >= 11 is 0. The summed E-state index contributed by atoms with van der Waals surface area (Å²) in [5, 5.41) is 2.95. The number of hydrogen-bond acceptors (Lipinski definition) is 3. The summed E-state index contributed by atoms with van der Waals surface area (Å²) in [5.41, 5.74) is 5.84. The third kappa shape index (κ3) is 4.39.